The number of fused-ring (bicyclic) bond motifs is 3. The van der Waals surface area contributed by atoms with E-state index in [9.17, 15) is 4.79 Å². The number of hydrogen-bond acceptors (Lipinski definition) is 3. The van der Waals surface area contributed by atoms with Crippen LogP contribution < -0.4 is 4.90 Å². The van der Waals surface area contributed by atoms with Gasteiger partial charge in [0.1, 0.15) is 5.52 Å². The molecule has 6 heteroatoms. The van der Waals surface area contributed by atoms with E-state index in [1.54, 1.807) is 12.1 Å². The van der Waals surface area contributed by atoms with E-state index in [1.165, 1.54) is 5.56 Å². The van der Waals surface area contributed by atoms with Crippen molar-refractivity contribution < 1.29 is 4.79 Å². The lowest BCUT2D eigenvalue weighted by molar-refractivity contribution is 0.112. The van der Waals surface area contributed by atoms with Gasteiger partial charge in [0.2, 0.25) is 5.95 Å². The van der Waals surface area contributed by atoms with Gasteiger partial charge in [0.15, 0.2) is 6.29 Å². The van der Waals surface area contributed by atoms with Crippen LogP contribution in [0.25, 0.3) is 11.0 Å². The van der Waals surface area contributed by atoms with Gasteiger partial charge in [-0.05, 0) is 48.6 Å². The smallest absolute Gasteiger partial charge is 0.211 e. The van der Waals surface area contributed by atoms with Crippen molar-refractivity contribution in [2.24, 2.45) is 0 Å². The summed E-state index contributed by atoms with van der Waals surface area (Å²) in [6, 6.07) is 9.46. The molecule has 1 aromatic heterocycles. The van der Waals surface area contributed by atoms with Crippen molar-refractivity contribution in [2.45, 2.75) is 39.2 Å². The molecule has 0 amide bonds. The molecule has 2 aromatic carbocycles. The normalized spacial score (nSPS) is 13.6. The zero-order chi connectivity index (χ0) is 19.1. The first-order valence-corrected chi connectivity index (χ1v) is 10.1. The molecule has 0 fully saturated rings. The second kappa shape index (κ2) is 7.17. The molecule has 2 heterocycles. The monoisotopic (exact) mass is 401 g/mol. The zero-order valence-electron chi connectivity index (χ0n) is 15.4. The van der Waals surface area contributed by atoms with Crippen LogP contribution in [0.2, 0.25) is 10.0 Å². The first kappa shape index (κ1) is 18.3. The maximum Gasteiger partial charge on any atom is 0.211 e. The van der Waals surface area contributed by atoms with E-state index in [2.05, 4.69) is 29.4 Å². The van der Waals surface area contributed by atoms with Crippen LogP contribution in [0.4, 0.5) is 11.6 Å². The Bertz CT molecular complexity index is 1020. The second-order valence-corrected chi connectivity index (χ2v) is 7.73. The molecule has 0 N–H and O–H groups in total. The van der Waals surface area contributed by atoms with Crippen molar-refractivity contribution in [1.29, 1.82) is 0 Å². The Hall–Kier alpha value is -2.04. The highest BCUT2D eigenvalue weighted by Crippen LogP contribution is 2.40. The molecule has 27 heavy (non-hydrogen) atoms. The lowest BCUT2D eigenvalue weighted by Crippen LogP contribution is -2.16. The lowest BCUT2D eigenvalue weighted by Gasteiger charge is -2.18. The topological polar surface area (TPSA) is 38.1 Å². The molecular weight excluding hydrogens is 381 g/mol. The molecule has 0 spiro atoms. The number of benzene rings is 2. The van der Waals surface area contributed by atoms with Crippen molar-refractivity contribution in [3.05, 3.63) is 51.5 Å². The highest BCUT2D eigenvalue weighted by molar-refractivity contribution is 6.35. The summed E-state index contributed by atoms with van der Waals surface area (Å²) in [4.78, 5) is 18.5. The molecule has 1 aliphatic heterocycles. The predicted octanol–water partition coefficient (Wildman–Crippen LogP) is 6.21. The van der Waals surface area contributed by atoms with E-state index in [1.807, 2.05) is 12.1 Å². The first-order valence-electron chi connectivity index (χ1n) is 9.29. The van der Waals surface area contributed by atoms with Crippen LogP contribution in [0.5, 0.6) is 0 Å². The Labute approximate surface area is 168 Å². The van der Waals surface area contributed by atoms with Crippen molar-refractivity contribution in [2.75, 3.05) is 11.4 Å². The predicted molar refractivity (Wildman–Crippen MR) is 112 cm³/mol. The molecule has 0 aliphatic carbocycles. The van der Waals surface area contributed by atoms with E-state index >= 15 is 0 Å². The molecule has 0 unspecified atom stereocenters. The van der Waals surface area contributed by atoms with Crippen molar-refractivity contribution in [3.8, 4) is 0 Å². The van der Waals surface area contributed by atoms with Crippen LogP contribution in [-0.4, -0.2) is 22.4 Å². The number of aromatic nitrogens is 2. The van der Waals surface area contributed by atoms with E-state index in [-0.39, 0.29) is 0 Å². The van der Waals surface area contributed by atoms with E-state index < -0.39 is 0 Å². The van der Waals surface area contributed by atoms with Gasteiger partial charge in [0, 0.05) is 23.7 Å². The highest BCUT2D eigenvalue weighted by atomic mass is 35.5. The van der Waals surface area contributed by atoms with Crippen LogP contribution in [0.3, 0.4) is 0 Å². The molecule has 0 bridgehead atoms. The number of anilines is 2. The quantitative estimate of drug-likeness (QED) is 0.476. The third kappa shape index (κ3) is 2.91. The van der Waals surface area contributed by atoms with Crippen LogP contribution in [0, 0.1) is 0 Å². The van der Waals surface area contributed by atoms with Gasteiger partial charge in [-0.1, -0.05) is 43.1 Å². The molecule has 0 atom stereocenters. The van der Waals surface area contributed by atoms with Gasteiger partial charge in [0.05, 0.1) is 16.2 Å². The molecule has 0 radical (unpaired) electrons. The van der Waals surface area contributed by atoms with Gasteiger partial charge in [0.25, 0.3) is 0 Å². The third-order valence-electron chi connectivity index (χ3n) is 5.48. The molecule has 3 aromatic rings. The number of imidazole rings is 1. The summed E-state index contributed by atoms with van der Waals surface area (Å²) < 4.78 is 2.23. The molecule has 140 valence electrons. The number of carbonyl (C=O) groups excluding carboxylic acids is 1. The van der Waals surface area contributed by atoms with Crippen molar-refractivity contribution in [1.82, 2.24) is 9.55 Å². The minimum atomic E-state index is 0.473. The zero-order valence-corrected chi connectivity index (χ0v) is 16.9. The van der Waals surface area contributed by atoms with Gasteiger partial charge in [-0.2, -0.15) is 0 Å². The number of hydrogen-bond donors (Lipinski definition) is 0. The summed E-state index contributed by atoms with van der Waals surface area (Å²) in [6.07, 6.45) is 2.99. The average Bonchev–Trinajstić information content (AvgIpc) is 3.24. The number of rotatable bonds is 5. The fourth-order valence-electron chi connectivity index (χ4n) is 4.09. The Morgan fingerprint density at radius 2 is 1.93 bits per heavy atom. The molecule has 0 saturated heterocycles. The first-order chi connectivity index (χ1) is 13.1. The van der Waals surface area contributed by atoms with E-state index in [4.69, 9.17) is 28.2 Å². The Balaban J connectivity index is 1.91. The summed E-state index contributed by atoms with van der Waals surface area (Å²) in [6.45, 7) is 5.99. The van der Waals surface area contributed by atoms with Crippen molar-refractivity contribution >= 4 is 52.2 Å². The molecular formula is C21H21Cl2N3O. The minimum Gasteiger partial charge on any atom is -0.309 e. The maximum atomic E-state index is 11.6. The highest BCUT2D eigenvalue weighted by Gasteiger charge is 2.29. The Kier molecular flexibility index (Phi) is 4.87. The van der Waals surface area contributed by atoms with Gasteiger partial charge in [-0.25, -0.2) is 4.98 Å². The number of carbonyl (C=O) groups is 1. The van der Waals surface area contributed by atoms with Crippen LogP contribution >= 0.6 is 23.2 Å². The lowest BCUT2D eigenvalue weighted by atomic mass is 9.93. The summed E-state index contributed by atoms with van der Waals surface area (Å²) in [7, 11) is 0. The number of halogens is 2. The minimum absolute atomic E-state index is 0.473. The van der Waals surface area contributed by atoms with Crippen LogP contribution in [0.1, 0.15) is 48.5 Å². The Morgan fingerprint density at radius 1 is 1.15 bits per heavy atom. The fraction of sp³-hybridized carbons (Fsp3) is 0.333. The molecule has 4 rings (SSSR count). The van der Waals surface area contributed by atoms with Gasteiger partial charge >= 0.3 is 0 Å². The van der Waals surface area contributed by atoms with Gasteiger partial charge < -0.3 is 9.47 Å². The van der Waals surface area contributed by atoms with Crippen LogP contribution in [0.15, 0.2) is 30.3 Å². The maximum absolute atomic E-state index is 11.6. The second-order valence-electron chi connectivity index (χ2n) is 6.88. The van der Waals surface area contributed by atoms with Crippen LogP contribution in [-0.2, 0) is 6.54 Å². The summed E-state index contributed by atoms with van der Waals surface area (Å²) in [5.74, 6) is 1.30. The third-order valence-corrected chi connectivity index (χ3v) is 6.02. The standard InChI is InChI=1S/C21H21Cl2N3O/c1-3-13(4-2)16-6-7-17(23)19-20(16)26-10-9-25(21(26)24-19)18-8-5-15(22)11-14(18)12-27/h5-8,11-13H,3-4,9-10H2,1-2H3. The largest absolute Gasteiger partial charge is 0.309 e. The van der Waals surface area contributed by atoms with Crippen molar-refractivity contribution in [3.63, 3.8) is 0 Å². The van der Waals surface area contributed by atoms with Gasteiger partial charge in [-0.3, -0.25) is 4.79 Å². The summed E-state index contributed by atoms with van der Waals surface area (Å²) in [5, 5.41) is 1.21. The summed E-state index contributed by atoms with van der Waals surface area (Å²) in [5.41, 5.74) is 4.64. The fourth-order valence-corrected chi connectivity index (χ4v) is 4.47. The molecule has 1 aliphatic rings. The molecule has 4 nitrogen and oxygen atoms in total. The SMILES string of the molecule is CCC(CC)c1ccc(Cl)c2nc3n(c12)CCN3c1ccc(Cl)cc1C=O. The van der Waals surface area contributed by atoms with E-state index in [0.29, 0.717) is 21.5 Å². The van der Waals surface area contributed by atoms with Gasteiger partial charge in [-0.15, -0.1) is 0 Å². The summed E-state index contributed by atoms with van der Waals surface area (Å²) >= 11 is 12.6. The average molecular weight is 402 g/mol. The number of nitrogens with zero attached hydrogens (tertiary/aromatic N) is 3. The van der Waals surface area contributed by atoms with E-state index in [0.717, 1.165) is 54.9 Å². The number of aldehydes is 1. The molecule has 0 saturated carbocycles. The Morgan fingerprint density at radius 3 is 2.63 bits per heavy atom.